The highest BCUT2D eigenvalue weighted by molar-refractivity contribution is 6.01. The average molecular weight is 342 g/mol. The van der Waals surface area contributed by atoms with Gasteiger partial charge >= 0.3 is 0 Å². The molecule has 0 aromatic carbocycles. The molecule has 136 valence electrons. The Morgan fingerprint density at radius 1 is 1.24 bits per heavy atom. The summed E-state index contributed by atoms with van der Waals surface area (Å²) in [7, 11) is 0. The van der Waals surface area contributed by atoms with Crippen molar-refractivity contribution < 1.29 is 14.7 Å². The van der Waals surface area contributed by atoms with Crippen molar-refractivity contribution in [2.45, 2.75) is 59.0 Å². The lowest BCUT2D eigenvalue weighted by molar-refractivity contribution is -0.119. The number of aliphatic hydroxyl groups excluding tert-OH is 1. The molecule has 0 aromatic rings. The minimum absolute atomic E-state index is 0.0551. The zero-order valence-corrected chi connectivity index (χ0v) is 15.6. The van der Waals surface area contributed by atoms with Gasteiger partial charge in [0.2, 0.25) is 0 Å². The van der Waals surface area contributed by atoms with Crippen LogP contribution in [0.5, 0.6) is 0 Å². The Labute approximate surface area is 150 Å². The molecule has 3 saturated carbocycles. The van der Waals surface area contributed by atoms with Crippen molar-refractivity contribution >= 4 is 12.1 Å². The SMILES string of the molecule is C[C@H](C=O)[C@H]1CC[C@H]2[C@@H]3C(O)CC4=CC(=O)C=C[C@]4(C)[C@H]3CC[C@]12C. The number of carbonyl (C=O) groups is 2. The standard InChI is InChI=1S/C22H30O3/c1-13(12-23)16-4-5-17-20-18(7-9-22(16,17)3)21(2)8-6-15(24)10-14(21)11-19(20)25/h6,8,10,12-13,16-20,25H,4-5,7,9,11H2,1-3H3/t13-,16-,17+,18+,19?,20+,21+,22-/m1/s1. The number of ketones is 1. The fourth-order valence-electron chi connectivity index (χ4n) is 7.17. The average Bonchev–Trinajstić information content (AvgIpc) is 2.93. The van der Waals surface area contributed by atoms with E-state index in [4.69, 9.17) is 0 Å². The summed E-state index contributed by atoms with van der Waals surface area (Å²) in [5, 5.41) is 11.0. The second-order valence-corrected chi connectivity index (χ2v) is 9.47. The quantitative estimate of drug-likeness (QED) is 0.778. The zero-order valence-electron chi connectivity index (χ0n) is 15.6. The predicted octanol–water partition coefficient (Wildman–Crippen LogP) is 3.72. The molecule has 0 bridgehead atoms. The van der Waals surface area contributed by atoms with Gasteiger partial charge in [0.25, 0.3) is 0 Å². The van der Waals surface area contributed by atoms with Crippen LogP contribution in [0, 0.1) is 40.4 Å². The summed E-state index contributed by atoms with van der Waals surface area (Å²) < 4.78 is 0. The maximum atomic E-state index is 11.8. The molecule has 3 nitrogen and oxygen atoms in total. The van der Waals surface area contributed by atoms with Gasteiger partial charge in [-0.25, -0.2) is 0 Å². The van der Waals surface area contributed by atoms with Crippen molar-refractivity contribution in [3.05, 3.63) is 23.8 Å². The minimum atomic E-state index is -0.362. The van der Waals surface area contributed by atoms with Crippen molar-refractivity contribution in [3.8, 4) is 0 Å². The first-order valence-corrected chi connectivity index (χ1v) is 9.89. The summed E-state index contributed by atoms with van der Waals surface area (Å²) in [5.74, 6) is 1.76. The molecular formula is C22H30O3. The van der Waals surface area contributed by atoms with Crippen LogP contribution in [0.1, 0.15) is 52.9 Å². The third kappa shape index (κ3) is 2.27. The second-order valence-electron chi connectivity index (χ2n) is 9.47. The van der Waals surface area contributed by atoms with E-state index in [9.17, 15) is 14.7 Å². The predicted molar refractivity (Wildman–Crippen MR) is 96.7 cm³/mol. The van der Waals surface area contributed by atoms with Crippen molar-refractivity contribution in [1.82, 2.24) is 0 Å². The first-order chi connectivity index (χ1) is 11.8. The molecule has 0 amide bonds. The fourth-order valence-corrected chi connectivity index (χ4v) is 7.17. The third-order valence-electron chi connectivity index (χ3n) is 8.50. The maximum absolute atomic E-state index is 11.8. The Morgan fingerprint density at radius 2 is 2.00 bits per heavy atom. The van der Waals surface area contributed by atoms with Gasteiger partial charge < -0.3 is 9.90 Å². The van der Waals surface area contributed by atoms with Crippen LogP contribution in [0.25, 0.3) is 0 Å². The fraction of sp³-hybridized carbons (Fsp3) is 0.727. The van der Waals surface area contributed by atoms with Gasteiger partial charge in [0.05, 0.1) is 6.10 Å². The molecule has 1 N–H and O–H groups in total. The Kier molecular flexibility index (Phi) is 3.88. The van der Waals surface area contributed by atoms with Gasteiger partial charge in [0, 0.05) is 11.3 Å². The number of fused-ring (bicyclic) bond motifs is 5. The molecule has 0 aromatic heterocycles. The monoisotopic (exact) mass is 342 g/mol. The normalized spacial score (nSPS) is 49.7. The van der Waals surface area contributed by atoms with Crippen LogP contribution in [0.2, 0.25) is 0 Å². The number of hydrogen-bond donors (Lipinski definition) is 1. The Morgan fingerprint density at radius 3 is 2.72 bits per heavy atom. The summed E-state index contributed by atoms with van der Waals surface area (Å²) in [6.45, 7) is 6.69. The number of hydrogen-bond acceptors (Lipinski definition) is 3. The number of carbonyl (C=O) groups excluding carboxylic acids is 2. The van der Waals surface area contributed by atoms with E-state index in [2.05, 4.69) is 26.8 Å². The Hall–Kier alpha value is -1.22. The van der Waals surface area contributed by atoms with E-state index in [1.807, 2.05) is 0 Å². The largest absolute Gasteiger partial charge is 0.392 e. The zero-order chi connectivity index (χ0) is 18.0. The van der Waals surface area contributed by atoms with Gasteiger partial charge in [0.1, 0.15) is 6.29 Å². The van der Waals surface area contributed by atoms with E-state index in [1.165, 1.54) is 0 Å². The molecule has 0 saturated heterocycles. The van der Waals surface area contributed by atoms with E-state index in [0.29, 0.717) is 24.2 Å². The van der Waals surface area contributed by atoms with Crippen LogP contribution in [0.15, 0.2) is 23.8 Å². The van der Waals surface area contributed by atoms with Gasteiger partial charge in [-0.1, -0.05) is 32.4 Å². The first-order valence-electron chi connectivity index (χ1n) is 9.89. The van der Waals surface area contributed by atoms with Gasteiger partial charge in [-0.15, -0.1) is 0 Å². The number of aldehydes is 1. The lowest BCUT2D eigenvalue weighted by atomic mass is 9.46. The highest BCUT2D eigenvalue weighted by Gasteiger charge is 2.61. The Bertz CT molecular complexity index is 662. The summed E-state index contributed by atoms with van der Waals surface area (Å²) in [4.78, 5) is 23.3. The molecule has 0 radical (unpaired) electrons. The van der Waals surface area contributed by atoms with E-state index in [1.54, 1.807) is 12.2 Å². The molecule has 0 heterocycles. The molecule has 4 aliphatic rings. The maximum Gasteiger partial charge on any atom is 0.178 e. The van der Waals surface area contributed by atoms with Gasteiger partial charge in [-0.2, -0.15) is 0 Å². The molecule has 8 atom stereocenters. The van der Waals surface area contributed by atoms with Crippen molar-refractivity contribution in [1.29, 1.82) is 0 Å². The van der Waals surface area contributed by atoms with Gasteiger partial charge in [0.15, 0.2) is 5.78 Å². The number of allylic oxidation sites excluding steroid dienone is 3. The summed E-state index contributed by atoms with van der Waals surface area (Å²) in [6, 6.07) is 0. The molecule has 1 unspecified atom stereocenters. The topological polar surface area (TPSA) is 54.4 Å². The molecule has 3 heteroatoms. The van der Waals surface area contributed by atoms with E-state index < -0.39 is 0 Å². The van der Waals surface area contributed by atoms with E-state index >= 15 is 0 Å². The first kappa shape index (κ1) is 17.2. The van der Waals surface area contributed by atoms with E-state index in [-0.39, 0.29) is 34.6 Å². The number of rotatable bonds is 2. The van der Waals surface area contributed by atoms with Crippen LogP contribution in [0.3, 0.4) is 0 Å². The molecule has 4 aliphatic carbocycles. The summed E-state index contributed by atoms with van der Waals surface area (Å²) in [5.41, 5.74) is 1.19. The number of aliphatic hydroxyl groups is 1. The van der Waals surface area contributed by atoms with Crippen molar-refractivity contribution in [2.24, 2.45) is 40.4 Å². The molecule has 0 spiro atoms. The van der Waals surface area contributed by atoms with Crippen LogP contribution in [-0.4, -0.2) is 23.3 Å². The smallest absolute Gasteiger partial charge is 0.178 e. The lowest BCUT2D eigenvalue weighted by Gasteiger charge is -2.58. The molecule has 25 heavy (non-hydrogen) atoms. The van der Waals surface area contributed by atoms with Crippen molar-refractivity contribution in [3.63, 3.8) is 0 Å². The van der Waals surface area contributed by atoms with Crippen LogP contribution in [0.4, 0.5) is 0 Å². The molecular weight excluding hydrogens is 312 g/mol. The molecule has 3 fully saturated rings. The highest BCUT2D eigenvalue weighted by Crippen LogP contribution is 2.66. The second kappa shape index (κ2) is 5.64. The van der Waals surface area contributed by atoms with Crippen LogP contribution in [-0.2, 0) is 9.59 Å². The lowest BCUT2D eigenvalue weighted by Crippen LogP contribution is -2.55. The minimum Gasteiger partial charge on any atom is -0.392 e. The highest BCUT2D eigenvalue weighted by atomic mass is 16.3. The molecule has 0 aliphatic heterocycles. The Balaban J connectivity index is 1.71. The van der Waals surface area contributed by atoms with Gasteiger partial charge in [-0.3, -0.25) is 4.79 Å². The van der Waals surface area contributed by atoms with Crippen LogP contribution < -0.4 is 0 Å². The van der Waals surface area contributed by atoms with E-state index in [0.717, 1.165) is 37.5 Å². The molecule has 4 rings (SSSR count). The third-order valence-corrected chi connectivity index (χ3v) is 8.50. The van der Waals surface area contributed by atoms with Gasteiger partial charge in [-0.05, 0) is 73.3 Å². The van der Waals surface area contributed by atoms with Crippen LogP contribution >= 0.6 is 0 Å². The van der Waals surface area contributed by atoms with Crippen molar-refractivity contribution in [2.75, 3.05) is 0 Å². The summed E-state index contributed by atoms with van der Waals surface area (Å²) >= 11 is 0. The summed E-state index contributed by atoms with van der Waals surface area (Å²) in [6.07, 6.45) is 11.4.